The average Bonchev–Trinajstić information content (AvgIpc) is 4.11. The smallest absolute Gasteiger partial charge is 0.223 e. The van der Waals surface area contributed by atoms with Crippen LogP contribution >= 0.6 is 0 Å². The van der Waals surface area contributed by atoms with E-state index in [1.807, 2.05) is 31.3 Å². The maximum atomic E-state index is 13.7. The molecule has 6 aromatic rings. The van der Waals surface area contributed by atoms with Crippen molar-refractivity contribution < 1.29 is 28.5 Å². The van der Waals surface area contributed by atoms with Gasteiger partial charge in [0.05, 0.1) is 51.3 Å². The van der Waals surface area contributed by atoms with Crippen molar-refractivity contribution in [3.05, 3.63) is 90.0 Å². The Morgan fingerprint density at radius 1 is 0.806 bits per heavy atom. The van der Waals surface area contributed by atoms with Crippen molar-refractivity contribution in [2.24, 2.45) is 0 Å². The number of hydrogen-bond acceptors (Lipinski definition) is 15. The van der Waals surface area contributed by atoms with Crippen LogP contribution in [-0.4, -0.2) is 129 Å². The Morgan fingerprint density at radius 3 is 2.11 bits per heavy atom. The second kappa shape index (κ2) is 18.3. The first-order valence-electron chi connectivity index (χ1n) is 19.8. The highest BCUT2D eigenvalue weighted by Crippen LogP contribution is 2.31. The van der Waals surface area contributed by atoms with E-state index >= 15 is 0 Å². The number of anilines is 1. The topological polar surface area (TPSA) is 203 Å². The molecular formula is C44H44N12O6. The van der Waals surface area contributed by atoms with E-state index in [-0.39, 0.29) is 36.3 Å². The fourth-order valence-electron chi connectivity index (χ4n) is 7.80. The van der Waals surface area contributed by atoms with E-state index in [9.17, 15) is 9.59 Å². The van der Waals surface area contributed by atoms with Crippen LogP contribution in [0.25, 0.3) is 22.1 Å². The van der Waals surface area contributed by atoms with Gasteiger partial charge in [0.1, 0.15) is 59.1 Å². The molecule has 316 valence electrons. The minimum absolute atomic E-state index is 0.00820. The number of fused-ring (bicyclic) bond motifs is 2. The summed E-state index contributed by atoms with van der Waals surface area (Å²) < 4.78 is 25.3. The summed E-state index contributed by atoms with van der Waals surface area (Å²) in [6.07, 6.45) is 9.50. The van der Waals surface area contributed by atoms with E-state index < -0.39 is 0 Å². The normalized spacial score (nSPS) is 17.2. The Kier molecular flexibility index (Phi) is 12.1. The first-order chi connectivity index (χ1) is 30.3. The number of methoxy groups -OCH3 is 4. The molecule has 62 heavy (non-hydrogen) atoms. The largest absolute Gasteiger partial charge is 0.497 e. The zero-order valence-electron chi connectivity index (χ0n) is 34.6. The van der Waals surface area contributed by atoms with Gasteiger partial charge in [-0.25, -0.2) is 29.3 Å². The van der Waals surface area contributed by atoms with Gasteiger partial charge in [-0.15, -0.1) is 0 Å². The molecule has 3 atom stereocenters. The maximum absolute atomic E-state index is 13.7. The molecule has 1 amide bonds. The molecule has 2 fully saturated rings. The third-order valence-corrected chi connectivity index (χ3v) is 10.9. The molecule has 0 bridgehead atoms. The Morgan fingerprint density at radius 2 is 1.45 bits per heavy atom. The molecule has 0 aliphatic carbocycles. The molecule has 1 unspecified atom stereocenters. The van der Waals surface area contributed by atoms with Crippen molar-refractivity contribution >= 4 is 40.1 Å². The van der Waals surface area contributed by atoms with Crippen LogP contribution < -0.4 is 30.0 Å². The molecule has 2 aromatic carbocycles. The fraction of sp³-hybridized carbons (Fsp3) is 0.318. The summed E-state index contributed by atoms with van der Waals surface area (Å²) in [5.74, 6) is 15.4. The average molecular weight is 837 g/mol. The third-order valence-electron chi connectivity index (χ3n) is 10.9. The van der Waals surface area contributed by atoms with Gasteiger partial charge in [-0.2, -0.15) is 10.2 Å². The molecule has 0 saturated carbocycles. The number of allylic oxidation sites excluding steroid dienone is 1. The van der Waals surface area contributed by atoms with Gasteiger partial charge in [-0.1, -0.05) is 11.8 Å². The van der Waals surface area contributed by atoms with Gasteiger partial charge in [0.2, 0.25) is 5.91 Å². The Bertz CT molecular complexity index is 2750. The van der Waals surface area contributed by atoms with Crippen molar-refractivity contribution in [2.75, 3.05) is 66.9 Å². The number of aldehydes is 1. The van der Waals surface area contributed by atoms with Crippen LogP contribution in [0.3, 0.4) is 0 Å². The summed E-state index contributed by atoms with van der Waals surface area (Å²) in [7, 11) is 6.34. The van der Waals surface area contributed by atoms with Crippen LogP contribution in [0, 0.1) is 23.7 Å². The first-order valence-corrected chi connectivity index (χ1v) is 19.8. The highest BCUT2D eigenvalue weighted by molar-refractivity contribution is 5.90. The second-order valence-electron chi connectivity index (χ2n) is 14.6. The Hall–Kier alpha value is -7.70. The molecule has 3 N–H and O–H groups in total. The highest BCUT2D eigenvalue weighted by atomic mass is 16.5. The first kappa shape index (κ1) is 41.1. The number of nitrogens with two attached hydrogens (primary N) is 1. The molecule has 6 heterocycles. The van der Waals surface area contributed by atoms with Gasteiger partial charge < -0.3 is 39.8 Å². The number of benzene rings is 2. The summed E-state index contributed by atoms with van der Waals surface area (Å²) in [6, 6.07) is 10.3. The molecule has 2 aliphatic heterocycles. The van der Waals surface area contributed by atoms with Crippen LogP contribution in [0.1, 0.15) is 47.4 Å². The lowest BCUT2D eigenvalue weighted by Crippen LogP contribution is -2.40. The molecular weight excluding hydrogens is 793 g/mol. The lowest BCUT2D eigenvalue weighted by Gasteiger charge is -2.21. The molecule has 0 spiro atoms. The van der Waals surface area contributed by atoms with Crippen LogP contribution in [0.15, 0.2) is 67.5 Å². The lowest BCUT2D eigenvalue weighted by atomic mass is 10.1. The number of aromatic nitrogens is 8. The summed E-state index contributed by atoms with van der Waals surface area (Å²) in [6.45, 7) is 2.52. The second-order valence-corrected chi connectivity index (χ2v) is 14.6. The molecule has 8 rings (SSSR count). The zero-order chi connectivity index (χ0) is 43.2. The molecule has 4 aromatic heterocycles. The summed E-state index contributed by atoms with van der Waals surface area (Å²) >= 11 is 0. The molecule has 18 nitrogen and oxygen atoms in total. The van der Waals surface area contributed by atoms with E-state index in [1.54, 1.807) is 65.1 Å². The van der Waals surface area contributed by atoms with Crippen molar-refractivity contribution in [2.45, 2.75) is 31.0 Å². The number of nitrogens with one attached hydrogen (secondary N) is 1. The highest BCUT2D eigenvalue weighted by Gasteiger charge is 2.36. The SMILES string of the molecule is COc1cc(C#Cc2nn([C@H]3CN(C=CC=O)CC3NCCC(=O)N3CC[C@H](n4nc(C#Cc5cc(OC)cc(OC)c5)c5c(N)ncnc54)C3)c3ncncc23)cc(OC)c1. The predicted octanol–water partition coefficient (Wildman–Crippen LogP) is 2.77. The van der Waals surface area contributed by atoms with Crippen LogP contribution in [0.5, 0.6) is 23.0 Å². The van der Waals surface area contributed by atoms with Gasteiger partial charge in [0, 0.05) is 80.8 Å². The van der Waals surface area contributed by atoms with Crippen LogP contribution in [0.4, 0.5) is 5.82 Å². The van der Waals surface area contributed by atoms with Crippen LogP contribution in [0.2, 0.25) is 0 Å². The summed E-state index contributed by atoms with van der Waals surface area (Å²) in [5.41, 5.74) is 9.83. The monoisotopic (exact) mass is 836 g/mol. The lowest BCUT2D eigenvalue weighted by molar-refractivity contribution is -0.130. The number of rotatable bonds is 12. The van der Waals surface area contributed by atoms with Gasteiger partial charge in [0.25, 0.3) is 0 Å². The van der Waals surface area contributed by atoms with Gasteiger partial charge in [-0.3, -0.25) is 9.59 Å². The minimum atomic E-state index is -0.215. The van der Waals surface area contributed by atoms with Gasteiger partial charge in [-0.05, 0) is 48.6 Å². The molecule has 0 radical (unpaired) electrons. The van der Waals surface area contributed by atoms with Crippen molar-refractivity contribution in [3.8, 4) is 46.7 Å². The summed E-state index contributed by atoms with van der Waals surface area (Å²) in [5, 5.41) is 14.7. The zero-order valence-corrected chi connectivity index (χ0v) is 34.6. The van der Waals surface area contributed by atoms with Crippen LogP contribution in [-0.2, 0) is 9.59 Å². The number of carbonyl (C=O) groups excluding carboxylic acids is 2. The third kappa shape index (κ3) is 8.63. The minimum Gasteiger partial charge on any atom is -0.497 e. The molecule has 2 aliphatic rings. The van der Waals surface area contributed by atoms with E-state index in [4.69, 9.17) is 34.9 Å². The Labute approximate surface area is 357 Å². The number of hydrogen-bond donors (Lipinski definition) is 2. The fourth-order valence-corrected chi connectivity index (χ4v) is 7.80. The van der Waals surface area contributed by atoms with Crippen molar-refractivity contribution in [1.82, 2.24) is 54.6 Å². The number of amides is 1. The van der Waals surface area contributed by atoms with E-state index in [1.165, 1.54) is 18.7 Å². The van der Waals surface area contributed by atoms with E-state index in [0.717, 1.165) is 6.29 Å². The van der Waals surface area contributed by atoms with E-state index in [2.05, 4.69) is 48.9 Å². The van der Waals surface area contributed by atoms with Gasteiger partial charge in [0.15, 0.2) is 11.3 Å². The predicted molar refractivity (Wildman–Crippen MR) is 229 cm³/mol. The maximum Gasteiger partial charge on any atom is 0.223 e. The number of likely N-dealkylation sites (tertiary alicyclic amines) is 2. The van der Waals surface area contributed by atoms with Gasteiger partial charge >= 0.3 is 0 Å². The van der Waals surface area contributed by atoms with Crippen molar-refractivity contribution in [3.63, 3.8) is 0 Å². The Balaban J connectivity index is 0.968. The quantitative estimate of drug-likeness (QED) is 0.103. The molecule has 18 heteroatoms. The summed E-state index contributed by atoms with van der Waals surface area (Å²) in [4.78, 5) is 46.5. The van der Waals surface area contributed by atoms with Crippen molar-refractivity contribution in [1.29, 1.82) is 0 Å². The van der Waals surface area contributed by atoms with E-state index in [0.29, 0.717) is 107 Å². The number of ether oxygens (including phenoxy) is 4. The standard InChI is InChI=1S/C44H44N12O6/c1-59-31-16-28(17-32(20-31)60-2)6-8-36-35-22-46-26-49-43(35)56(51-36)39-25-53(13-5-15-57)24-38(39)47-12-10-40(58)54-14-11-30(23-54)55-44-41(42(45)48-27-50-44)37(52-55)9-7-29-18-33(61-3)21-34(19-29)62-4/h5,13,15-22,26-27,30,38-39,47H,10-12,14,23-25H2,1-4H3,(H2,45,48,50)/t30-,38?,39-/m0/s1. The number of carbonyl (C=O) groups is 2. The molecule has 2 saturated heterocycles. The number of nitrogens with zero attached hydrogens (tertiary/aromatic N) is 10. The number of nitrogen functional groups attached to an aromatic ring is 1.